The second-order valence-electron chi connectivity index (χ2n) is 14.2. The topological polar surface area (TPSA) is 35.5 Å². The van der Waals surface area contributed by atoms with E-state index in [0.29, 0.717) is 5.75 Å². The van der Waals surface area contributed by atoms with Crippen molar-refractivity contribution in [3.63, 3.8) is 0 Å². The second kappa shape index (κ2) is 19.6. The fraction of sp³-hybridized carbons (Fsp3) is 0.0682. The van der Waals surface area contributed by atoms with Crippen LogP contribution in [0.1, 0.15) is 5.56 Å². The van der Waals surface area contributed by atoms with Gasteiger partial charge in [-0.15, -0.1) is 21.9 Å². The molecular weight excluding hydrogens is 999 g/mol. The molecular formula is C44H19BF20O3S. The molecule has 0 amide bonds. The molecule has 0 radical (unpaired) electrons. The Morgan fingerprint density at radius 3 is 1.06 bits per heavy atom. The minimum atomic E-state index is -7.22. The monoisotopic (exact) mass is 1020 g/mol. The molecule has 69 heavy (non-hydrogen) atoms. The first-order chi connectivity index (χ1) is 32.4. The van der Waals surface area contributed by atoms with E-state index >= 15 is 35.1 Å². The van der Waals surface area contributed by atoms with E-state index in [1.165, 1.54) is 28.3 Å². The molecule has 7 rings (SSSR count). The summed E-state index contributed by atoms with van der Waals surface area (Å²) in [5, 5.41) is 2.58. The van der Waals surface area contributed by atoms with E-state index < -0.39 is 150 Å². The van der Waals surface area contributed by atoms with Crippen molar-refractivity contribution in [2.24, 2.45) is 0 Å². The molecule has 7 aromatic carbocycles. The van der Waals surface area contributed by atoms with Gasteiger partial charge in [0.25, 0.3) is 0 Å². The molecule has 0 aliphatic carbocycles. The zero-order valence-electron chi connectivity index (χ0n) is 33.8. The van der Waals surface area contributed by atoms with Gasteiger partial charge in [-0.2, -0.15) is 0 Å². The molecule has 3 nitrogen and oxygen atoms in total. The van der Waals surface area contributed by atoms with Gasteiger partial charge in [0.05, 0.1) is 7.11 Å². The van der Waals surface area contributed by atoms with Crippen LogP contribution in [-0.2, 0) is 21.4 Å². The molecule has 7 aromatic rings. The molecule has 0 aliphatic heterocycles. The maximum absolute atomic E-state index is 15.4. The Kier molecular flexibility index (Phi) is 14.6. The zero-order valence-corrected chi connectivity index (χ0v) is 34.6. The number of methoxy groups -OCH3 is 1. The van der Waals surface area contributed by atoms with Crippen molar-refractivity contribution in [2.45, 2.75) is 10.6 Å². The van der Waals surface area contributed by atoms with Crippen molar-refractivity contribution in [2.75, 3.05) is 13.4 Å². The molecule has 0 aliphatic rings. The molecule has 0 N–H and O–H groups in total. The standard InChI is InChI=1S/C24BF20.C20H19O3S/c26-5-1(6(27)14(35)21(42)13(5)34)25(2-7(28)15(36)22(43)16(37)8(2)29,3-9(30)17(38)23(44)18(39)10(3)31)4-11(32)19(40)24(45)20(41)12(4)33;1-22-20(21)23-17-10-12-18(13-11-17)24(2)14-16-8-5-7-15-6-3-4-9-19(15)16/h;3-13H,14H2,1-2H3/q-1;+1. The number of fused-ring (bicyclic) bond motifs is 1. The molecule has 1 atom stereocenters. The molecule has 0 saturated carbocycles. The van der Waals surface area contributed by atoms with Crippen LogP contribution in [0.5, 0.6) is 5.75 Å². The Morgan fingerprint density at radius 1 is 0.420 bits per heavy atom. The first-order valence-corrected chi connectivity index (χ1v) is 20.4. The van der Waals surface area contributed by atoms with E-state index in [9.17, 15) is 57.5 Å². The van der Waals surface area contributed by atoms with Gasteiger partial charge >= 0.3 is 6.16 Å². The van der Waals surface area contributed by atoms with Gasteiger partial charge in [0.2, 0.25) is 0 Å². The Labute approximate surface area is 375 Å². The highest BCUT2D eigenvalue weighted by molar-refractivity contribution is 7.95. The van der Waals surface area contributed by atoms with Crippen molar-refractivity contribution in [1.82, 2.24) is 0 Å². The van der Waals surface area contributed by atoms with Gasteiger partial charge < -0.3 is 9.47 Å². The molecule has 0 spiro atoms. The largest absolute Gasteiger partial charge is 0.513 e. The molecule has 1 unspecified atom stereocenters. The maximum Gasteiger partial charge on any atom is 0.513 e. The predicted octanol–water partition coefficient (Wildman–Crippen LogP) is 10.6. The average Bonchev–Trinajstić information content (AvgIpc) is 3.34. The van der Waals surface area contributed by atoms with Gasteiger partial charge in [-0.3, -0.25) is 0 Å². The molecule has 0 bridgehead atoms. The van der Waals surface area contributed by atoms with Crippen molar-refractivity contribution < 1.29 is 102 Å². The number of carbonyl (C=O) groups excluding carboxylic acids is 1. The molecule has 25 heteroatoms. The molecule has 0 aromatic heterocycles. The van der Waals surface area contributed by atoms with Gasteiger partial charge in [-0.25, -0.2) is 92.6 Å². The van der Waals surface area contributed by atoms with Crippen molar-refractivity contribution in [3.8, 4) is 5.75 Å². The first kappa shape index (κ1) is 51.5. The van der Waals surface area contributed by atoms with E-state index in [4.69, 9.17) is 4.74 Å². The minimum Gasteiger partial charge on any atom is -0.437 e. The number of carbonyl (C=O) groups is 1. The summed E-state index contributed by atoms with van der Waals surface area (Å²) in [5.41, 5.74) is -13.0. The van der Waals surface area contributed by atoms with Gasteiger partial charge in [-0.05, 0) is 35.0 Å². The van der Waals surface area contributed by atoms with Crippen LogP contribution in [0.25, 0.3) is 10.8 Å². The Hall–Kier alpha value is -6.92. The molecule has 0 fully saturated rings. The lowest BCUT2D eigenvalue weighted by Crippen LogP contribution is -2.81. The second-order valence-corrected chi connectivity index (χ2v) is 16.3. The summed E-state index contributed by atoms with van der Waals surface area (Å²) in [5.74, 6) is -69.9. The SMILES string of the molecule is COC(=O)Oc1ccc([S+](C)Cc2cccc3ccccc23)cc1.Fc1c(F)c(F)c([B-](c2c(F)c(F)c(F)c(F)c2F)(c2c(F)c(F)c(F)c(F)c2F)c2c(F)c(F)c(F)c(F)c2F)c(F)c1F. The first-order valence-electron chi connectivity index (χ1n) is 18.6. The number of benzene rings is 7. The molecule has 0 saturated heterocycles. The van der Waals surface area contributed by atoms with Crippen LogP contribution in [0.3, 0.4) is 0 Å². The Balaban J connectivity index is 0.000000273. The van der Waals surface area contributed by atoms with E-state index in [2.05, 4.69) is 53.5 Å². The summed E-state index contributed by atoms with van der Waals surface area (Å²) in [6.45, 7) is 0. The van der Waals surface area contributed by atoms with E-state index in [0.717, 1.165) is 5.75 Å². The third-order valence-corrected chi connectivity index (χ3v) is 12.4. The average molecular weight is 1020 g/mol. The highest BCUT2D eigenvalue weighted by Crippen LogP contribution is 2.31. The van der Waals surface area contributed by atoms with Gasteiger partial charge in [-0.1, -0.05) is 42.5 Å². The smallest absolute Gasteiger partial charge is 0.437 e. The van der Waals surface area contributed by atoms with E-state index in [1.54, 1.807) is 12.1 Å². The fourth-order valence-electron chi connectivity index (χ4n) is 7.49. The summed E-state index contributed by atoms with van der Waals surface area (Å²) >= 11 is 0. The number of hydrogen-bond donors (Lipinski definition) is 0. The summed E-state index contributed by atoms with van der Waals surface area (Å²) < 4.78 is 303. The van der Waals surface area contributed by atoms with Crippen LogP contribution < -0.4 is 26.6 Å². The lowest BCUT2D eigenvalue weighted by Gasteiger charge is -2.44. The number of hydrogen-bond acceptors (Lipinski definition) is 3. The van der Waals surface area contributed by atoms with Crippen LogP contribution in [0.4, 0.5) is 92.6 Å². The molecule has 0 heterocycles. The quantitative estimate of drug-likeness (QED) is 0.0289. The summed E-state index contributed by atoms with van der Waals surface area (Å²) in [7, 11) is 1.36. The summed E-state index contributed by atoms with van der Waals surface area (Å²) in [6, 6.07) is 22.5. The molecule has 362 valence electrons. The Morgan fingerprint density at radius 2 is 0.725 bits per heavy atom. The highest BCUT2D eigenvalue weighted by atomic mass is 32.2. The van der Waals surface area contributed by atoms with Crippen LogP contribution in [-0.4, -0.2) is 25.7 Å². The van der Waals surface area contributed by atoms with Crippen LogP contribution in [0, 0.1) is 116 Å². The zero-order chi connectivity index (χ0) is 51.3. The Bertz CT molecular complexity index is 2820. The predicted molar refractivity (Wildman–Crippen MR) is 208 cm³/mol. The van der Waals surface area contributed by atoms with Crippen LogP contribution in [0.2, 0.25) is 0 Å². The summed E-state index contributed by atoms with van der Waals surface area (Å²) in [4.78, 5) is 12.4. The lowest BCUT2D eigenvalue weighted by atomic mass is 9.12. The maximum atomic E-state index is 15.4. The third-order valence-electron chi connectivity index (χ3n) is 10.6. The normalized spacial score (nSPS) is 12.0. The number of rotatable bonds is 8. The fourth-order valence-corrected chi connectivity index (χ4v) is 8.97. The lowest BCUT2D eigenvalue weighted by molar-refractivity contribution is 0.121. The van der Waals surface area contributed by atoms with Crippen LogP contribution in [0.15, 0.2) is 71.6 Å². The van der Waals surface area contributed by atoms with E-state index in [1.807, 2.05) is 12.1 Å². The number of halogens is 20. The van der Waals surface area contributed by atoms with Crippen molar-refractivity contribution in [3.05, 3.63) is 189 Å². The summed E-state index contributed by atoms with van der Waals surface area (Å²) in [6.07, 6.45) is -5.68. The number of ether oxygens (including phenoxy) is 2. The third kappa shape index (κ3) is 8.53. The van der Waals surface area contributed by atoms with Crippen LogP contribution >= 0.6 is 0 Å². The minimum absolute atomic E-state index is 0.0651. The van der Waals surface area contributed by atoms with Gasteiger partial charge in [0.15, 0.2) is 74.7 Å². The van der Waals surface area contributed by atoms with Gasteiger partial charge in [0, 0.05) is 16.5 Å². The van der Waals surface area contributed by atoms with Crippen molar-refractivity contribution >= 4 is 55.8 Å². The van der Waals surface area contributed by atoms with Gasteiger partial charge in [0.1, 0.15) is 70.4 Å². The van der Waals surface area contributed by atoms with E-state index in [-0.39, 0.29) is 10.9 Å². The van der Waals surface area contributed by atoms with Crippen molar-refractivity contribution in [1.29, 1.82) is 0 Å². The highest BCUT2D eigenvalue weighted by Gasteiger charge is 2.52.